The fourth-order valence-corrected chi connectivity index (χ4v) is 4.45. The molecule has 2 aliphatic rings. The summed E-state index contributed by atoms with van der Waals surface area (Å²) in [5, 5.41) is 2.16. The second-order valence-electron chi connectivity index (χ2n) is 6.67. The molecule has 5 heteroatoms. The maximum Gasteiger partial charge on any atom is 0.191 e. The van der Waals surface area contributed by atoms with Crippen LogP contribution >= 0.6 is 11.3 Å². The van der Waals surface area contributed by atoms with Gasteiger partial charge in [-0.1, -0.05) is 13.0 Å². The first-order valence-corrected chi connectivity index (χ1v) is 9.44. The molecule has 0 radical (unpaired) electrons. The first-order valence-electron chi connectivity index (χ1n) is 8.56. The first-order chi connectivity index (χ1) is 10.7. The van der Waals surface area contributed by atoms with E-state index in [1.807, 2.05) is 11.3 Å². The van der Waals surface area contributed by atoms with Crippen LogP contribution in [0, 0.1) is 5.92 Å². The lowest BCUT2D eigenvalue weighted by Gasteiger charge is -2.32. The van der Waals surface area contributed by atoms with Crippen molar-refractivity contribution in [2.75, 3.05) is 32.7 Å². The van der Waals surface area contributed by atoms with Gasteiger partial charge < -0.3 is 10.6 Å². The molecule has 1 aromatic rings. The van der Waals surface area contributed by atoms with Gasteiger partial charge in [-0.3, -0.25) is 9.89 Å². The van der Waals surface area contributed by atoms with Crippen LogP contribution in [0.2, 0.25) is 0 Å². The van der Waals surface area contributed by atoms with E-state index < -0.39 is 0 Å². The molecule has 0 aromatic carbocycles. The topological polar surface area (TPSA) is 44.9 Å². The lowest BCUT2D eigenvalue weighted by Crippen LogP contribution is -2.44. The zero-order valence-corrected chi connectivity index (χ0v) is 14.4. The van der Waals surface area contributed by atoms with E-state index in [9.17, 15) is 0 Å². The third-order valence-corrected chi connectivity index (χ3v) is 5.83. The maximum absolute atomic E-state index is 6.27. The van der Waals surface area contributed by atoms with Gasteiger partial charge in [-0.2, -0.15) is 0 Å². The summed E-state index contributed by atoms with van der Waals surface area (Å²) < 4.78 is 0. The number of hydrogen-bond donors (Lipinski definition) is 1. The van der Waals surface area contributed by atoms with Crippen molar-refractivity contribution in [2.24, 2.45) is 16.6 Å². The summed E-state index contributed by atoms with van der Waals surface area (Å²) >= 11 is 1.84. The molecule has 3 rings (SSSR count). The molecule has 22 heavy (non-hydrogen) atoms. The minimum Gasteiger partial charge on any atom is -0.370 e. The number of guanidine groups is 1. The standard InChI is InChI=1S/C17H28N4S/c1-14-6-4-10-21(13-14)17(18)19-12-15(16-7-5-11-22-16)20-8-2-3-9-20/h5,7,11,14-15H,2-4,6,8-10,12-13H2,1H3,(H2,18,19). The van der Waals surface area contributed by atoms with Crippen LogP contribution in [0.5, 0.6) is 0 Å². The highest BCUT2D eigenvalue weighted by Gasteiger charge is 2.24. The quantitative estimate of drug-likeness (QED) is 0.685. The number of aliphatic imine (C=N–C) groups is 1. The number of nitrogens with two attached hydrogens (primary N) is 1. The normalized spacial score (nSPS) is 25.6. The molecule has 3 heterocycles. The molecule has 2 unspecified atom stereocenters. The molecular weight excluding hydrogens is 292 g/mol. The Bertz CT molecular complexity index is 479. The SMILES string of the molecule is CC1CCCN(C(N)=NCC(c2cccs2)N2CCCC2)C1. The van der Waals surface area contributed by atoms with Crippen LogP contribution in [-0.2, 0) is 0 Å². The zero-order chi connectivity index (χ0) is 15.4. The van der Waals surface area contributed by atoms with Gasteiger partial charge in [-0.15, -0.1) is 11.3 Å². The molecule has 2 atom stereocenters. The average Bonchev–Trinajstić information content (AvgIpc) is 3.21. The Kier molecular flexibility index (Phi) is 5.37. The zero-order valence-electron chi connectivity index (χ0n) is 13.6. The van der Waals surface area contributed by atoms with E-state index in [2.05, 4.69) is 34.2 Å². The fraction of sp³-hybridized carbons (Fsp3) is 0.706. The Morgan fingerprint density at radius 2 is 2.18 bits per heavy atom. The van der Waals surface area contributed by atoms with Gasteiger partial charge >= 0.3 is 0 Å². The third-order valence-electron chi connectivity index (χ3n) is 4.86. The summed E-state index contributed by atoms with van der Waals surface area (Å²) in [6, 6.07) is 4.79. The van der Waals surface area contributed by atoms with E-state index in [0.29, 0.717) is 6.04 Å². The predicted molar refractivity (Wildman–Crippen MR) is 94.3 cm³/mol. The van der Waals surface area contributed by atoms with E-state index in [0.717, 1.165) is 31.5 Å². The van der Waals surface area contributed by atoms with Crippen LogP contribution < -0.4 is 5.73 Å². The van der Waals surface area contributed by atoms with Crippen LogP contribution in [0.4, 0.5) is 0 Å². The van der Waals surface area contributed by atoms with Crippen LogP contribution in [0.3, 0.4) is 0 Å². The van der Waals surface area contributed by atoms with Crippen molar-refractivity contribution < 1.29 is 0 Å². The molecule has 2 N–H and O–H groups in total. The number of nitrogens with zero attached hydrogens (tertiary/aromatic N) is 3. The highest BCUT2D eigenvalue weighted by Crippen LogP contribution is 2.28. The second-order valence-corrected chi connectivity index (χ2v) is 7.65. The number of piperidine rings is 1. The van der Waals surface area contributed by atoms with E-state index >= 15 is 0 Å². The van der Waals surface area contributed by atoms with Gasteiger partial charge in [0.15, 0.2) is 5.96 Å². The summed E-state index contributed by atoms with van der Waals surface area (Å²) in [5.74, 6) is 1.47. The molecule has 0 bridgehead atoms. The smallest absolute Gasteiger partial charge is 0.191 e. The second kappa shape index (κ2) is 7.47. The molecule has 0 spiro atoms. The van der Waals surface area contributed by atoms with E-state index in [4.69, 9.17) is 10.7 Å². The van der Waals surface area contributed by atoms with Crippen molar-refractivity contribution in [1.82, 2.24) is 9.80 Å². The van der Waals surface area contributed by atoms with Crippen molar-refractivity contribution in [2.45, 2.75) is 38.6 Å². The van der Waals surface area contributed by atoms with Crippen molar-refractivity contribution in [3.8, 4) is 0 Å². The number of thiophene rings is 1. The van der Waals surface area contributed by atoms with Gasteiger partial charge in [0, 0.05) is 18.0 Å². The number of rotatable bonds is 4. The van der Waals surface area contributed by atoms with Gasteiger partial charge in [0.2, 0.25) is 0 Å². The third kappa shape index (κ3) is 3.82. The minimum absolute atomic E-state index is 0.406. The highest BCUT2D eigenvalue weighted by molar-refractivity contribution is 7.10. The monoisotopic (exact) mass is 320 g/mol. The van der Waals surface area contributed by atoms with Crippen molar-refractivity contribution in [1.29, 1.82) is 0 Å². The maximum atomic E-state index is 6.27. The van der Waals surface area contributed by atoms with Gasteiger partial charge in [-0.05, 0) is 56.1 Å². The Morgan fingerprint density at radius 3 is 2.86 bits per heavy atom. The van der Waals surface area contributed by atoms with Gasteiger partial charge in [-0.25, -0.2) is 0 Å². The molecule has 2 aliphatic heterocycles. The van der Waals surface area contributed by atoms with Crippen LogP contribution in [-0.4, -0.2) is 48.5 Å². The van der Waals surface area contributed by atoms with E-state index in [1.165, 1.54) is 43.6 Å². The fourth-order valence-electron chi connectivity index (χ4n) is 3.60. The molecule has 122 valence electrons. The molecule has 1 aromatic heterocycles. The van der Waals surface area contributed by atoms with Crippen molar-refractivity contribution >= 4 is 17.3 Å². The average molecular weight is 321 g/mol. The molecule has 4 nitrogen and oxygen atoms in total. The van der Waals surface area contributed by atoms with Crippen molar-refractivity contribution in [3.63, 3.8) is 0 Å². The van der Waals surface area contributed by atoms with E-state index in [-0.39, 0.29) is 0 Å². The Balaban J connectivity index is 1.66. The number of likely N-dealkylation sites (tertiary alicyclic amines) is 2. The highest BCUT2D eigenvalue weighted by atomic mass is 32.1. The van der Waals surface area contributed by atoms with Crippen LogP contribution in [0.1, 0.15) is 43.5 Å². The number of hydrogen-bond acceptors (Lipinski definition) is 3. The Hall–Kier alpha value is -1.07. The minimum atomic E-state index is 0.406. The molecule has 0 saturated carbocycles. The molecule has 2 saturated heterocycles. The van der Waals surface area contributed by atoms with Gasteiger partial charge in [0.25, 0.3) is 0 Å². The van der Waals surface area contributed by atoms with Crippen LogP contribution in [0.25, 0.3) is 0 Å². The largest absolute Gasteiger partial charge is 0.370 e. The van der Waals surface area contributed by atoms with Crippen LogP contribution in [0.15, 0.2) is 22.5 Å². The first kappa shape index (κ1) is 15.8. The van der Waals surface area contributed by atoms with E-state index in [1.54, 1.807) is 0 Å². The Morgan fingerprint density at radius 1 is 1.36 bits per heavy atom. The molecule has 0 amide bonds. The summed E-state index contributed by atoms with van der Waals surface area (Å²) in [4.78, 5) is 11.0. The summed E-state index contributed by atoms with van der Waals surface area (Å²) in [5.41, 5.74) is 6.27. The summed E-state index contributed by atoms with van der Waals surface area (Å²) in [6.45, 7) is 7.60. The van der Waals surface area contributed by atoms with Gasteiger partial charge in [0.1, 0.15) is 0 Å². The molecule has 2 fully saturated rings. The Labute approximate surface area is 138 Å². The van der Waals surface area contributed by atoms with Crippen molar-refractivity contribution in [3.05, 3.63) is 22.4 Å². The lowest BCUT2D eigenvalue weighted by molar-refractivity contribution is 0.250. The molecular formula is C17H28N4S. The lowest BCUT2D eigenvalue weighted by atomic mass is 10.0. The summed E-state index contributed by atoms with van der Waals surface area (Å²) in [7, 11) is 0. The molecule has 0 aliphatic carbocycles. The summed E-state index contributed by atoms with van der Waals surface area (Å²) in [6.07, 6.45) is 5.17. The predicted octanol–water partition coefficient (Wildman–Crippen LogP) is 2.93. The van der Waals surface area contributed by atoms with Gasteiger partial charge in [0.05, 0.1) is 12.6 Å².